The number of methoxy groups -OCH3 is 1. The molecule has 4 atom stereocenters. The number of thioether (sulfide) groups is 1. The molecule has 1 fully saturated rings. The number of nitrogens with two attached hydrogens (primary N) is 1. The average Bonchev–Trinajstić information content (AvgIpc) is 3.50. The molecule has 172 valence electrons. The van der Waals surface area contributed by atoms with Gasteiger partial charge in [0.05, 0.1) is 29.3 Å². The van der Waals surface area contributed by atoms with Crippen LogP contribution in [0.15, 0.2) is 35.6 Å². The first-order chi connectivity index (χ1) is 15.7. The van der Waals surface area contributed by atoms with Crippen molar-refractivity contribution in [2.45, 2.75) is 36.7 Å². The molecule has 0 spiro atoms. The van der Waals surface area contributed by atoms with E-state index in [2.05, 4.69) is 26.2 Å². The van der Waals surface area contributed by atoms with Crippen molar-refractivity contribution in [1.82, 2.24) is 9.97 Å². The maximum Gasteiger partial charge on any atom is 0.275 e. The zero-order valence-electron chi connectivity index (χ0n) is 18.5. The van der Waals surface area contributed by atoms with Crippen LogP contribution in [-0.2, 0) is 10.3 Å². The van der Waals surface area contributed by atoms with Gasteiger partial charge in [-0.3, -0.25) is 9.79 Å². The van der Waals surface area contributed by atoms with Gasteiger partial charge in [-0.05, 0) is 38.5 Å². The lowest BCUT2D eigenvalue weighted by Crippen LogP contribution is -2.37. The molecule has 0 saturated heterocycles. The van der Waals surface area contributed by atoms with E-state index in [9.17, 15) is 9.18 Å². The van der Waals surface area contributed by atoms with E-state index < -0.39 is 23.4 Å². The molecule has 0 unspecified atom stereocenters. The topological polar surface area (TPSA) is 112 Å². The summed E-state index contributed by atoms with van der Waals surface area (Å²) in [5, 5.41) is 3.13. The third-order valence-corrected chi connectivity index (χ3v) is 7.18. The van der Waals surface area contributed by atoms with Gasteiger partial charge in [0.25, 0.3) is 5.91 Å². The van der Waals surface area contributed by atoms with Gasteiger partial charge in [0.1, 0.15) is 11.5 Å². The second-order valence-electron chi connectivity index (χ2n) is 8.27. The highest BCUT2D eigenvalue weighted by Crippen LogP contribution is 2.66. The van der Waals surface area contributed by atoms with Crippen LogP contribution in [-0.4, -0.2) is 45.6 Å². The second kappa shape index (κ2) is 8.65. The smallest absolute Gasteiger partial charge is 0.275 e. The first-order valence-electron chi connectivity index (χ1n) is 10.3. The number of amides is 1. The summed E-state index contributed by atoms with van der Waals surface area (Å²) < 4.78 is 25.5. The molecule has 1 saturated carbocycles. The van der Waals surface area contributed by atoms with Crippen LogP contribution in [0.4, 0.5) is 10.1 Å². The number of rotatable bonds is 7. The second-order valence-corrected chi connectivity index (χ2v) is 9.70. The van der Waals surface area contributed by atoms with Crippen LogP contribution < -0.4 is 15.8 Å². The third kappa shape index (κ3) is 4.38. The number of halogens is 1. The number of benzene rings is 1. The number of aromatic nitrogens is 2. The Bertz CT molecular complexity index is 1150. The zero-order chi connectivity index (χ0) is 23.8. The Morgan fingerprint density at radius 2 is 2.24 bits per heavy atom. The predicted octanol–water partition coefficient (Wildman–Crippen LogP) is 2.95. The van der Waals surface area contributed by atoms with Crippen LogP contribution >= 0.6 is 11.8 Å². The lowest BCUT2D eigenvalue weighted by Gasteiger charge is -2.34. The number of fused-ring (bicyclic) bond motifs is 1. The Morgan fingerprint density at radius 1 is 1.45 bits per heavy atom. The maximum absolute atomic E-state index is 15.0. The van der Waals surface area contributed by atoms with Crippen LogP contribution in [0.1, 0.15) is 36.3 Å². The number of carbonyl (C=O) groups is 1. The highest BCUT2D eigenvalue weighted by atomic mass is 32.2. The number of hydrogen-bond donors (Lipinski definition) is 2. The lowest BCUT2D eigenvalue weighted by atomic mass is 9.85. The molecule has 8 nitrogen and oxygen atoms in total. The number of aliphatic imine (C=N–C) groups is 1. The standard InChI is InChI=1S/C23H24FN5O3S/c1-5-13(2)32-19-11-26-17(10-27-19)20(30)28-14-6-7-16(24)15(8-14)22(3)18-9-23(18,12-31-4)33-21(25)29-22/h1,6-8,10-11,13,18H,9,12H2,2-4H3,(H2,25,29)(H,28,30)/t13-,18+,22-,23-/m1/s1. The van der Waals surface area contributed by atoms with Crippen LogP contribution in [0, 0.1) is 24.1 Å². The van der Waals surface area contributed by atoms with E-state index in [4.69, 9.17) is 21.6 Å². The Hall–Kier alpha value is -3.16. The van der Waals surface area contributed by atoms with Crippen LogP contribution in [0.25, 0.3) is 0 Å². The molecular weight excluding hydrogens is 445 g/mol. The molecular formula is C23H24FN5O3S. The van der Waals surface area contributed by atoms with Crippen LogP contribution in [0.5, 0.6) is 5.88 Å². The van der Waals surface area contributed by atoms with Crippen LogP contribution in [0.2, 0.25) is 0 Å². The van der Waals surface area contributed by atoms with Gasteiger partial charge in [-0.1, -0.05) is 17.7 Å². The van der Waals surface area contributed by atoms with E-state index in [0.717, 1.165) is 6.42 Å². The molecule has 1 aliphatic heterocycles. The summed E-state index contributed by atoms with van der Waals surface area (Å²) >= 11 is 1.48. The number of carbonyl (C=O) groups excluding carboxylic acids is 1. The number of ether oxygens (including phenoxy) is 2. The first kappa shape index (κ1) is 23.0. The molecule has 0 radical (unpaired) electrons. The van der Waals surface area contributed by atoms with Crippen molar-refractivity contribution in [3.05, 3.63) is 47.7 Å². The van der Waals surface area contributed by atoms with E-state index >= 15 is 0 Å². The fourth-order valence-electron chi connectivity index (χ4n) is 4.22. The molecule has 2 aliphatic rings. The first-order valence-corrected chi connectivity index (χ1v) is 11.1. The quantitative estimate of drug-likeness (QED) is 0.600. The van der Waals surface area contributed by atoms with Gasteiger partial charge in [0, 0.05) is 24.3 Å². The van der Waals surface area contributed by atoms with Crippen LogP contribution in [0.3, 0.4) is 0 Å². The highest BCUT2D eigenvalue weighted by Gasteiger charge is 2.66. The lowest BCUT2D eigenvalue weighted by molar-refractivity contribution is 0.102. The highest BCUT2D eigenvalue weighted by molar-refractivity contribution is 8.15. The molecule has 33 heavy (non-hydrogen) atoms. The Kier molecular flexibility index (Phi) is 6.03. The van der Waals surface area contributed by atoms with Crippen molar-refractivity contribution in [3.8, 4) is 18.2 Å². The number of nitrogens with zero attached hydrogens (tertiary/aromatic N) is 3. The molecule has 2 aromatic rings. The number of anilines is 1. The molecule has 2 heterocycles. The molecule has 1 amide bonds. The van der Waals surface area contributed by atoms with E-state index in [1.807, 2.05) is 6.92 Å². The van der Waals surface area contributed by atoms with Crippen molar-refractivity contribution in [1.29, 1.82) is 0 Å². The monoisotopic (exact) mass is 469 g/mol. The summed E-state index contributed by atoms with van der Waals surface area (Å²) in [6.07, 6.45) is 8.22. The minimum Gasteiger partial charge on any atom is -0.460 e. The van der Waals surface area contributed by atoms with Gasteiger partial charge in [0.2, 0.25) is 5.88 Å². The fourth-order valence-corrected chi connectivity index (χ4v) is 5.68. The number of hydrogen-bond acceptors (Lipinski definition) is 8. The SMILES string of the molecule is C#C[C@@H](C)Oc1cnc(C(=O)Nc2ccc(F)c([C@@]3(C)N=C(N)S[C@@]4(COC)C[C@H]43)c2)cn1. The molecule has 3 N–H and O–H groups in total. The number of nitrogens with one attached hydrogen (secondary N) is 1. The Balaban J connectivity index is 1.55. The molecule has 1 aromatic heterocycles. The molecule has 0 bridgehead atoms. The van der Waals surface area contributed by atoms with Gasteiger partial charge in [-0.2, -0.15) is 0 Å². The minimum atomic E-state index is -0.870. The van der Waals surface area contributed by atoms with Gasteiger partial charge in [0.15, 0.2) is 11.3 Å². The summed E-state index contributed by atoms with van der Waals surface area (Å²) in [5.74, 6) is 1.78. The number of amidine groups is 1. The number of terminal acetylenes is 1. The maximum atomic E-state index is 15.0. The molecule has 1 aliphatic carbocycles. The van der Waals surface area contributed by atoms with Crippen molar-refractivity contribution < 1.29 is 18.7 Å². The van der Waals surface area contributed by atoms with E-state index in [1.165, 1.54) is 36.3 Å². The largest absolute Gasteiger partial charge is 0.460 e. The van der Waals surface area contributed by atoms with Gasteiger partial charge >= 0.3 is 0 Å². The Morgan fingerprint density at radius 3 is 2.91 bits per heavy atom. The summed E-state index contributed by atoms with van der Waals surface area (Å²) in [7, 11) is 1.64. The van der Waals surface area contributed by atoms with Gasteiger partial charge < -0.3 is 20.5 Å². The summed E-state index contributed by atoms with van der Waals surface area (Å²) in [6.45, 7) is 4.07. The van der Waals surface area contributed by atoms with E-state index in [1.54, 1.807) is 20.1 Å². The summed E-state index contributed by atoms with van der Waals surface area (Å²) in [4.78, 5) is 25.4. The van der Waals surface area contributed by atoms with E-state index in [-0.39, 0.29) is 22.2 Å². The molecule has 1 aromatic carbocycles. The summed E-state index contributed by atoms with van der Waals surface area (Å²) in [6, 6.07) is 4.39. The van der Waals surface area contributed by atoms with Crippen molar-refractivity contribution in [3.63, 3.8) is 0 Å². The fraction of sp³-hybridized carbons (Fsp3) is 0.391. The minimum absolute atomic E-state index is 0.0616. The van der Waals surface area contributed by atoms with Gasteiger partial charge in [-0.15, -0.1) is 6.42 Å². The van der Waals surface area contributed by atoms with Gasteiger partial charge in [-0.25, -0.2) is 14.4 Å². The summed E-state index contributed by atoms with van der Waals surface area (Å²) in [5.41, 5.74) is 6.08. The normalized spacial score (nSPS) is 26.4. The third-order valence-electron chi connectivity index (χ3n) is 5.90. The van der Waals surface area contributed by atoms with Crippen molar-refractivity contribution >= 4 is 28.5 Å². The molecule has 10 heteroatoms. The van der Waals surface area contributed by atoms with Crippen molar-refractivity contribution in [2.24, 2.45) is 16.6 Å². The van der Waals surface area contributed by atoms with Crippen molar-refractivity contribution in [2.75, 3.05) is 19.0 Å². The predicted molar refractivity (Wildman–Crippen MR) is 125 cm³/mol. The molecule has 4 rings (SSSR count). The zero-order valence-corrected chi connectivity index (χ0v) is 19.3. The van der Waals surface area contributed by atoms with E-state index in [0.29, 0.717) is 23.0 Å². The average molecular weight is 470 g/mol. The Labute approximate surface area is 195 Å².